The fourth-order valence-corrected chi connectivity index (χ4v) is 3.68. The number of carbonyl (C=O) groups is 3. The first-order valence-corrected chi connectivity index (χ1v) is 10.8. The Morgan fingerprint density at radius 2 is 1.52 bits per heavy atom. The maximum atomic E-state index is 14.5. The molecule has 1 aliphatic rings. The van der Waals surface area contributed by atoms with E-state index in [0.29, 0.717) is 36.3 Å². The van der Waals surface area contributed by atoms with Gasteiger partial charge in [0.25, 0.3) is 11.8 Å². The van der Waals surface area contributed by atoms with Gasteiger partial charge < -0.3 is 20.5 Å². The average molecular weight is 481 g/mol. The number of rotatable bonds is 8. The van der Waals surface area contributed by atoms with Crippen LogP contribution < -0.4 is 15.4 Å². The molecular formula is C23H23ClF2N2O5. The number of aliphatic carboxylic acids is 1. The first kappa shape index (κ1) is 24.4. The van der Waals surface area contributed by atoms with E-state index in [-0.39, 0.29) is 24.7 Å². The van der Waals surface area contributed by atoms with Crippen molar-refractivity contribution in [3.8, 4) is 5.75 Å². The van der Waals surface area contributed by atoms with E-state index in [0.717, 1.165) is 6.07 Å². The number of benzene rings is 2. The smallest absolute Gasteiger partial charge is 0.306 e. The van der Waals surface area contributed by atoms with Gasteiger partial charge in [-0.1, -0.05) is 11.6 Å². The molecule has 10 heteroatoms. The van der Waals surface area contributed by atoms with Crippen molar-refractivity contribution in [3.63, 3.8) is 0 Å². The number of carboxylic acid groups (broad SMARTS) is 1. The number of hydrogen-bond acceptors (Lipinski definition) is 4. The highest BCUT2D eigenvalue weighted by molar-refractivity contribution is 6.30. The van der Waals surface area contributed by atoms with Crippen molar-refractivity contribution in [3.05, 3.63) is 64.2 Å². The van der Waals surface area contributed by atoms with Crippen molar-refractivity contribution < 1.29 is 33.0 Å². The van der Waals surface area contributed by atoms with Gasteiger partial charge in [-0.3, -0.25) is 14.4 Å². The number of hydrogen-bond donors (Lipinski definition) is 3. The number of amides is 2. The van der Waals surface area contributed by atoms with E-state index in [1.165, 1.54) is 6.07 Å². The molecule has 176 valence electrons. The van der Waals surface area contributed by atoms with Gasteiger partial charge in [0.1, 0.15) is 0 Å². The first-order chi connectivity index (χ1) is 15.8. The molecule has 0 heterocycles. The molecule has 33 heavy (non-hydrogen) atoms. The molecule has 0 saturated heterocycles. The summed E-state index contributed by atoms with van der Waals surface area (Å²) in [6, 6.07) is 8.55. The Bertz CT molecular complexity index is 1020. The first-order valence-electron chi connectivity index (χ1n) is 10.5. The van der Waals surface area contributed by atoms with Crippen LogP contribution in [0, 0.1) is 17.6 Å². The van der Waals surface area contributed by atoms with E-state index >= 15 is 0 Å². The van der Waals surface area contributed by atoms with Gasteiger partial charge in [0.15, 0.2) is 11.6 Å². The minimum absolute atomic E-state index is 0.00426. The molecule has 0 unspecified atom stereocenters. The molecule has 7 nitrogen and oxygen atoms in total. The van der Waals surface area contributed by atoms with Crippen LogP contribution in [-0.4, -0.2) is 42.1 Å². The van der Waals surface area contributed by atoms with Gasteiger partial charge in [-0.2, -0.15) is 4.39 Å². The van der Waals surface area contributed by atoms with E-state index in [2.05, 4.69) is 10.6 Å². The molecule has 0 radical (unpaired) electrons. The highest BCUT2D eigenvalue weighted by atomic mass is 35.5. The third-order valence-electron chi connectivity index (χ3n) is 5.41. The van der Waals surface area contributed by atoms with E-state index in [1.807, 2.05) is 0 Å². The highest BCUT2D eigenvalue weighted by Gasteiger charge is 2.28. The van der Waals surface area contributed by atoms with Crippen LogP contribution in [-0.2, 0) is 4.79 Å². The van der Waals surface area contributed by atoms with Crippen molar-refractivity contribution in [2.45, 2.75) is 31.8 Å². The van der Waals surface area contributed by atoms with Crippen molar-refractivity contribution in [2.24, 2.45) is 5.92 Å². The SMILES string of the molecule is O=C(NCCNC(=O)c1ccc(OC2CCC(C(=O)O)CC2)c(F)c1F)c1ccc(Cl)cc1. The van der Waals surface area contributed by atoms with Crippen LogP contribution in [0.4, 0.5) is 8.78 Å². The molecule has 2 aromatic rings. The molecule has 2 amide bonds. The molecule has 1 aliphatic carbocycles. The van der Waals surface area contributed by atoms with Crippen LogP contribution in [0.3, 0.4) is 0 Å². The zero-order valence-electron chi connectivity index (χ0n) is 17.6. The molecule has 0 aromatic heterocycles. The third-order valence-corrected chi connectivity index (χ3v) is 5.66. The van der Waals surface area contributed by atoms with Crippen LogP contribution in [0.5, 0.6) is 5.75 Å². The highest BCUT2D eigenvalue weighted by Crippen LogP contribution is 2.30. The number of nitrogens with one attached hydrogen (secondary N) is 2. The van der Waals surface area contributed by atoms with Crippen LogP contribution in [0.2, 0.25) is 5.02 Å². The summed E-state index contributed by atoms with van der Waals surface area (Å²) in [6.45, 7) is 0.0851. The van der Waals surface area contributed by atoms with Crippen molar-refractivity contribution in [1.82, 2.24) is 10.6 Å². The van der Waals surface area contributed by atoms with Gasteiger partial charge in [-0.25, -0.2) is 4.39 Å². The summed E-state index contributed by atoms with van der Waals surface area (Å²) in [5.74, 6) is -5.46. The molecule has 3 rings (SSSR count). The van der Waals surface area contributed by atoms with E-state index in [1.54, 1.807) is 24.3 Å². The lowest BCUT2D eigenvalue weighted by Crippen LogP contribution is -2.35. The maximum Gasteiger partial charge on any atom is 0.306 e. The predicted octanol–water partition coefficient (Wildman–Crippen LogP) is 3.80. The average Bonchev–Trinajstić information content (AvgIpc) is 2.80. The Kier molecular flexibility index (Phi) is 8.21. The molecule has 1 fully saturated rings. The second-order valence-corrected chi connectivity index (χ2v) is 8.12. The zero-order valence-corrected chi connectivity index (χ0v) is 18.3. The predicted molar refractivity (Wildman–Crippen MR) is 116 cm³/mol. The lowest BCUT2D eigenvalue weighted by Gasteiger charge is -2.27. The normalized spacial score (nSPS) is 17.8. The van der Waals surface area contributed by atoms with Crippen molar-refractivity contribution in [2.75, 3.05) is 13.1 Å². The number of ether oxygens (including phenoxy) is 1. The molecule has 2 aromatic carbocycles. The van der Waals surface area contributed by atoms with Gasteiger partial charge in [0, 0.05) is 23.7 Å². The Morgan fingerprint density at radius 3 is 2.12 bits per heavy atom. The topological polar surface area (TPSA) is 105 Å². The van der Waals surface area contributed by atoms with Gasteiger partial charge in [-0.05, 0) is 62.1 Å². The Hall–Kier alpha value is -3.20. The second-order valence-electron chi connectivity index (χ2n) is 7.69. The summed E-state index contributed by atoms with van der Waals surface area (Å²) in [5, 5.41) is 14.5. The molecule has 0 aliphatic heterocycles. The Morgan fingerprint density at radius 1 is 0.909 bits per heavy atom. The Balaban J connectivity index is 1.49. The summed E-state index contributed by atoms with van der Waals surface area (Å²) >= 11 is 5.77. The zero-order chi connectivity index (χ0) is 24.0. The van der Waals surface area contributed by atoms with E-state index in [4.69, 9.17) is 21.4 Å². The van der Waals surface area contributed by atoms with Gasteiger partial charge in [0.05, 0.1) is 17.6 Å². The van der Waals surface area contributed by atoms with Gasteiger partial charge in [-0.15, -0.1) is 0 Å². The maximum absolute atomic E-state index is 14.5. The quantitative estimate of drug-likeness (QED) is 0.498. The largest absolute Gasteiger partial charge is 0.487 e. The molecule has 0 bridgehead atoms. The Labute approximate surface area is 194 Å². The summed E-state index contributed by atoms with van der Waals surface area (Å²) in [6.07, 6.45) is 1.22. The van der Waals surface area contributed by atoms with E-state index < -0.39 is 41.1 Å². The lowest BCUT2D eigenvalue weighted by atomic mass is 9.87. The number of carbonyl (C=O) groups excluding carboxylic acids is 2. The fraction of sp³-hybridized carbons (Fsp3) is 0.348. The van der Waals surface area contributed by atoms with Crippen molar-refractivity contribution >= 4 is 29.4 Å². The van der Waals surface area contributed by atoms with Crippen LogP contribution in [0.15, 0.2) is 36.4 Å². The van der Waals surface area contributed by atoms with Crippen LogP contribution in [0.25, 0.3) is 0 Å². The molecule has 1 saturated carbocycles. The second kappa shape index (κ2) is 11.1. The minimum atomic E-state index is -1.34. The minimum Gasteiger partial charge on any atom is -0.487 e. The number of halogens is 3. The summed E-state index contributed by atoms with van der Waals surface area (Å²) < 4.78 is 34.4. The molecule has 0 spiro atoms. The van der Waals surface area contributed by atoms with E-state index in [9.17, 15) is 23.2 Å². The summed E-state index contributed by atoms with van der Waals surface area (Å²) in [5.41, 5.74) is -0.0932. The monoisotopic (exact) mass is 480 g/mol. The lowest BCUT2D eigenvalue weighted by molar-refractivity contribution is -0.143. The van der Waals surface area contributed by atoms with Gasteiger partial charge >= 0.3 is 5.97 Å². The standard InChI is InChI=1S/C23H23ClF2N2O5/c24-15-5-1-13(2-6-15)21(29)27-11-12-28-22(30)17-9-10-18(20(26)19(17)25)33-16-7-3-14(4-8-16)23(31)32/h1-2,5-6,9-10,14,16H,3-4,7-8,11-12H2,(H,27,29)(H,28,30)(H,31,32). The van der Waals surface area contributed by atoms with Crippen LogP contribution >= 0.6 is 11.6 Å². The summed E-state index contributed by atoms with van der Waals surface area (Å²) in [7, 11) is 0. The third kappa shape index (κ3) is 6.41. The summed E-state index contributed by atoms with van der Waals surface area (Å²) in [4.78, 5) is 35.2. The number of carboxylic acids is 1. The van der Waals surface area contributed by atoms with Crippen LogP contribution in [0.1, 0.15) is 46.4 Å². The fourth-order valence-electron chi connectivity index (χ4n) is 3.56. The molecular weight excluding hydrogens is 458 g/mol. The molecule has 3 N–H and O–H groups in total. The van der Waals surface area contributed by atoms with Gasteiger partial charge in [0.2, 0.25) is 5.82 Å². The van der Waals surface area contributed by atoms with Crippen molar-refractivity contribution in [1.29, 1.82) is 0 Å². The molecule has 0 atom stereocenters.